The Kier molecular flexibility index (Phi) is 3.71. The van der Waals surface area contributed by atoms with Crippen molar-refractivity contribution in [1.82, 2.24) is 5.32 Å². The van der Waals surface area contributed by atoms with Crippen LogP contribution in [-0.2, 0) is 0 Å². The Balaban J connectivity index is 1.85. The number of benzene rings is 1. The molecule has 3 rings (SSSR count). The summed E-state index contributed by atoms with van der Waals surface area (Å²) in [5, 5.41) is 23.3. The second-order valence-corrected chi connectivity index (χ2v) is 5.91. The number of hydrogen-bond donors (Lipinski definition) is 3. The Morgan fingerprint density at radius 1 is 1.38 bits per heavy atom. The van der Waals surface area contributed by atoms with E-state index in [9.17, 15) is 9.90 Å². The lowest BCUT2D eigenvalue weighted by molar-refractivity contribution is 0.000965. The third-order valence-electron chi connectivity index (χ3n) is 4.57. The van der Waals surface area contributed by atoms with Crippen LogP contribution in [0.15, 0.2) is 24.3 Å². The molecule has 1 saturated heterocycles. The highest BCUT2D eigenvalue weighted by Crippen LogP contribution is 2.38. The van der Waals surface area contributed by atoms with Crippen molar-refractivity contribution in [2.45, 2.75) is 37.3 Å². The molecule has 2 aliphatic rings. The number of hydrogen-bond acceptors (Lipinski definition) is 3. The van der Waals surface area contributed by atoms with Gasteiger partial charge in [-0.25, -0.2) is 4.79 Å². The van der Waals surface area contributed by atoms with Crippen LogP contribution in [0.3, 0.4) is 0 Å². The summed E-state index contributed by atoms with van der Waals surface area (Å²) in [4.78, 5) is 11.0. The SMILES string of the molecule is O=C(O)c1cccc(C#C[C@]2(O)CCC[C@H]3NCC[C@H]32)c1. The number of fused-ring (bicyclic) bond motifs is 1. The highest BCUT2D eigenvalue weighted by molar-refractivity contribution is 5.88. The van der Waals surface area contributed by atoms with Crippen LogP contribution in [0, 0.1) is 17.8 Å². The molecule has 4 heteroatoms. The van der Waals surface area contributed by atoms with E-state index in [-0.39, 0.29) is 11.5 Å². The van der Waals surface area contributed by atoms with Crippen LogP contribution in [0.5, 0.6) is 0 Å². The Bertz CT molecular complexity index is 616. The third kappa shape index (κ3) is 2.80. The predicted molar refractivity (Wildman–Crippen MR) is 79.0 cm³/mol. The molecule has 1 heterocycles. The summed E-state index contributed by atoms with van der Waals surface area (Å²) >= 11 is 0. The Labute approximate surface area is 124 Å². The molecule has 1 aliphatic heterocycles. The van der Waals surface area contributed by atoms with Gasteiger partial charge in [0.1, 0.15) is 5.60 Å². The Morgan fingerprint density at radius 2 is 2.24 bits per heavy atom. The quantitative estimate of drug-likeness (QED) is 0.686. The summed E-state index contributed by atoms with van der Waals surface area (Å²) in [5.41, 5.74) is -0.0969. The monoisotopic (exact) mass is 285 g/mol. The zero-order valence-electron chi connectivity index (χ0n) is 11.8. The summed E-state index contributed by atoms with van der Waals surface area (Å²) in [6.45, 7) is 0.938. The number of rotatable bonds is 1. The highest BCUT2D eigenvalue weighted by Gasteiger charge is 2.45. The van der Waals surface area contributed by atoms with Crippen molar-refractivity contribution >= 4 is 5.97 Å². The first kappa shape index (κ1) is 14.1. The lowest BCUT2D eigenvalue weighted by Crippen LogP contribution is -2.47. The van der Waals surface area contributed by atoms with Gasteiger partial charge in [-0.2, -0.15) is 0 Å². The molecule has 1 aliphatic carbocycles. The maximum Gasteiger partial charge on any atom is 0.335 e. The van der Waals surface area contributed by atoms with Crippen LogP contribution in [-0.4, -0.2) is 34.4 Å². The minimum Gasteiger partial charge on any atom is -0.478 e. The molecule has 1 saturated carbocycles. The van der Waals surface area contributed by atoms with E-state index in [1.807, 2.05) is 0 Å². The van der Waals surface area contributed by atoms with Crippen molar-refractivity contribution in [3.05, 3.63) is 35.4 Å². The number of aromatic carboxylic acids is 1. The van der Waals surface area contributed by atoms with E-state index in [0.29, 0.717) is 18.0 Å². The Morgan fingerprint density at radius 3 is 3.05 bits per heavy atom. The maximum absolute atomic E-state index is 11.0. The number of carbonyl (C=O) groups is 1. The van der Waals surface area contributed by atoms with E-state index in [0.717, 1.165) is 25.8 Å². The molecule has 3 N–H and O–H groups in total. The van der Waals surface area contributed by atoms with Crippen LogP contribution >= 0.6 is 0 Å². The third-order valence-corrected chi connectivity index (χ3v) is 4.57. The average Bonchev–Trinajstić information content (AvgIpc) is 2.96. The van der Waals surface area contributed by atoms with E-state index >= 15 is 0 Å². The fourth-order valence-electron chi connectivity index (χ4n) is 3.48. The minimum atomic E-state index is -0.963. The fourth-order valence-corrected chi connectivity index (χ4v) is 3.48. The fraction of sp³-hybridized carbons (Fsp3) is 0.471. The summed E-state index contributed by atoms with van der Waals surface area (Å²) in [6, 6.07) is 6.91. The van der Waals surface area contributed by atoms with Crippen molar-refractivity contribution in [1.29, 1.82) is 0 Å². The molecule has 0 aromatic heterocycles. The normalized spacial score (nSPS) is 31.1. The van der Waals surface area contributed by atoms with Gasteiger partial charge in [0.15, 0.2) is 0 Å². The van der Waals surface area contributed by atoms with Crippen molar-refractivity contribution in [3.8, 4) is 11.8 Å². The standard InChI is InChI=1S/C17H19NO3/c19-16(20)13-4-1-3-12(11-13)6-9-17(21)8-2-5-15-14(17)7-10-18-15/h1,3-4,11,14-15,18,21H,2,5,7-8,10H2,(H,19,20)/t14-,15-,17-/m1/s1. The largest absolute Gasteiger partial charge is 0.478 e. The molecule has 0 unspecified atom stereocenters. The molecular formula is C17H19NO3. The van der Waals surface area contributed by atoms with Crippen LogP contribution < -0.4 is 5.32 Å². The molecule has 21 heavy (non-hydrogen) atoms. The molecule has 3 atom stereocenters. The summed E-state index contributed by atoms with van der Waals surface area (Å²) in [6.07, 6.45) is 3.71. The minimum absolute atomic E-state index is 0.182. The van der Waals surface area contributed by atoms with Gasteiger partial charge in [0.25, 0.3) is 0 Å². The molecule has 0 radical (unpaired) electrons. The summed E-state index contributed by atoms with van der Waals surface area (Å²) in [7, 11) is 0. The first-order valence-electron chi connectivity index (χ1n) is 7.41. The molecule has 110 valence electrons. The molecule has 0 amide bonds. The van der Waals surface area contributed by atoms with E-state index in [1.54, 1.807) is 24.3 Å². The van der Waals surface area contributed by atoms with Gasteiger partial charge in [0, 0.05) is 17.5 Å². The molecular weight excluding hydrogens is 266 g/mol. The number of aliphatic hydroxyl groups is 1. The highest BCUT2D eigenvalue weighted by atomic mass is 16.4. The zero-order valence-corrected chi connectivity index (χ0v) is 11.8. The van der Waals surface area contributed by atoms with Gasteiger partial charge in [-0.05, 0) is 50.4 Å². The topological polar surface area (TPSA) is 69.6 Å². The van der Waals surface area contributed by atoms with Crippen LogP contribution in [0.1, 0.15) is 41.6 Å². The number of carboxylic acid groups (broad SMARTS) is 1. The zero-order chi connectivity index (χ0) is 14.9. The van der Waals surface area contributed by atoms with Gasteiger partial charge < -0.3 is 15.5 Å². The van der Waals surface area contributed by atoms with Crippen molar-refractivity contribution in [2.24, 2.45) is 5.92 Å². The number of carboxylic acids is 1. The van der Waals surface area contributed by atoms with Gasteiger partial charge in [0.2, 0.25) is 0 Å². The van der Waals surface area contributed by atoms with Gasteiger partial charge >= 0.3 is 5.97 Å². The van der Waals surface area contributed by atoms with Crippen LogP contribution in [0.25, 0.3) is 0 Å². The van der Waals surface area contributed by atoms with Gasteiger partial charge in [-0.1, -0.05) is 17.9 Å². The first-order valence-corrected chi connectivity index (χ1v) is 7.41. The molecule has 4 nitrogen and oxygen atoms in total. The van der Waals surface area contributed by atoms with E-state index < -0.39 is 11.6 Å². The molecule has 1 aromatic carbocycles. The van der Waals surface area contributed by atoms with Crippen molar-refractivity contribution < 1.29 is 15.0 Å². The molecule has 0 bridgehead atoms. The second kappa shape index (κ2) is 5.51. The van der Waals surface area contributed by atoms with Gasteiger partial charge in [0.05, 0.1) is 5.56 Å². The summed E-state index contributed by atoms with van der Waals surface area (Å²) < 4.78 is 0. The lowest BCUT2D eigenvalue weighted by Gasteiger charge is -2.37. The summed E-state index contributed by atoms with van der Waals surface area (Å²) in [5.74, 6) is 5.22. The van der Waals surface area contributed by atoms with Crippen molar-refractivity contribution in [3.63, 3.8) is 0 Å². The van der Waals surface area contributed by atoms with Crippen molar-refractivity contribution in [2.75, 3.05) is 6.54 Å². The first-order chi connectivity index (χ1) is 10.1. The van der Waals surface area contributed by atoms with E-state index in [4.69, 9.17) is 5.11 Å². The van der Waals surface area contributed by atoms with Gasteiger partial charge in [-0.15, -0.1) is 0 Å². The second-order valence-electron chi connectivity index (χ2n) is 5.91. The number of nitrogens with one attached hydrogen (secondary N) is 1. The lowest BCUT2D eigenvalue weighted by atomic mass is 9.73. The van der Waals surface area contributed by atoms with Crippen LogP contribution in [0.2, 0.25) is 0 Å². The smallest absolute Gasteiger partial charge is 0.335 e. The van der Waals surface area contributed by atoms with E-state index in [1.165, 1.54) is 0 Å². The van der Waals surface area contributed by atoms with Crippen LogP contribution in [0.4, 0.5) is 0 Å². The van der Waals surface area contributed by atoms with E-state index in [2.05, 4.69) is 17.2 Å². The predicted octanol–water partition coefficient (Wildman–Crippen LogP) is 1.63. The molecule has 2 fully saturated rings. The Hall–Kier alpha value is -1.83. The van der Waals surface area contributed by atoms with Gasteiger partial charge in [-0.3, -0.25) is 0 Å². The maximum atomic E-state index is 11.0. The molecule has 0 spiro atoms. The average molecular weight is 285 g/mol. The molecule has 1 aromatic rings.